The van der Waals surface area contributed by atoms with Crippen molar-refractivity contribution in [3.63, 3.8) is 0 Å². The number of aliphatic hydroxyl groups is 1. The minimum atomic E-state index is -1.31. The van der Waals surface area contributed by atoms with Crippen LogP contribution in [0.5, 0.6) is 0 Å². The maximum absolute atomic E-state index is 12.6. The van der Waals surface area contributed by atoms with Gasteiger partial charge in [0.25, 0.3) is 0 Å². The van der Waals surface area contributed by atoms with E-state index in [-0.39, 0.29) is 13.0 Å². The second-order valence-electron chi connectivity index (χ2n) is 7.08. The van der Waals surface area contributed by atoms with Crippen molar-refractivity contribution in [2.45, 2.75) is 45.1 Å². The quantitative estimate of drug-likeness (QED) is 0.490. The van der Waals surface area contributed by atoms with Gasteiger partial charge in [-0.1, -0.05) is 60.2 Å². The number of amides is 3. The van der Waals surface area contributed by atoms with Gasteiger partial charge in [-0.15, -0.1) is 0 Å². The fraction of sp³-hybridized carbons (Fsp3) is 0.318. The topological polar surface area (TPSA) is 131 Å². The van der Waals surface area contributed by atoms with Gasteiger partial charge in [-0.05, 0) is 25.0 Å². The maximum Gasteiger partial charge on any atom is 0.408 e. The largest absolute Gasteiger partial charge is 0.445 e. The predicted molar refractivity (Wildman–Crippen MR) is 111 cm³/mol. The van der Waals surface area contributed by atoms with Crippen LogP contribution in [0.1, 0.15) is 23.6 Å². The summed E-state index contributed by atoms with van der Waals surface area (Å²) in [5.41, 5.74) is 8.07. The van der Waals surface area contributed by atoms with Gasteiger partial charge in [-0.25, -0.2) is 4.79 Å². The van der Waals surface area contributed by atoms with Crippen LogP contribution in [-0.2, 0) is 27.4 Å². The minimum absolute atomic E-state index is 0.0121. The average Bonchev–Trinajstić information content (AvgIpc) is 2.71. The van der Waals surface area contributed by atoms with E-state index in [1.807, 2.05) is 37.3 Å². The van der Waals surface area contributed by atoms with E-state index in [2.05, 4.69) is 10.6 Å². The van der Waals surface area contributed by atoms with Crippen molar-refractivity contribution < 1.29 is 24.2 Å². The molecule has 0 fully saturated rings. The number of primary amides is 1. The standard InChI is InChI=1S/C22H27N3O5/c1-14-8-10-16(11-9-14)12-18(20(23)27)24-21(28)19(15(2)26)25-22(29)30-13-17-6-4-3-5-7-17/h3-11,15,18-19,26H,12-13H2,1-2H3,(H2,23,27)(H,24,28)(H,25,29)/t15-,18-,19+/m1/s1. The molecule has 0 aromatic heterocycles. The Kier molecular flexibility index (Phi) is 8.37. The van der Waals surface area contributed by atoms with Crippen LogP contribution in [-0.4, -0.2) is 41.2 Å². The number of ether oxygens (including phenoxy) is 1. The molecule has 0 saturated carbocycles. The Morgan fingerprint density at radius 2 is 1.63 bits per heavy atom. The molecule has 8 nitrogen and oxygen atoms in total. The lowest BCUT2D eigenvalue weighted by molar-refractivity contribution is -0.130. The van der Waals surface area contributed by atoms with E-state index in [0.717, 1.165) is 16.7 Å². The lowest BCUT2D eigenvalue weighted by Gasteiger charge is -2.23. The molecule has 0 aliphatic heterocycles. The highest BCUT2D eigenvalue weighted by Crippen LogP contribution is 2.07. The molecule has 30 heavy (non-hydrogen) atoms. The highest BCUT2D eigenvalue weighted by molar-refractivity contribution is 5.91. The van der Waals surface area contributed by atoms with Gasteiger partial charge < -0.3 is 26.2 Å². The van der Waals surface area contributed by atoms with Crippen molar-refractivity contribution in [2.75, 3.05) is 0 Å². The summed E-state index contributed by atoms with van der Waals surface area (Å²) in [6, 6.07) is 14.2. The number of carbonyl (C=O) groups is 3. The zero-order valence-electron chi connectivity index (χ0n) is 17.0. The van der Waals surface area contributed by atoms with Gasteiger partial charge in [0.2, 0.25) is 11.8 Å². The SMILES string of the molecule is Cc1ccc(C[C@@H](NC(=O)[C@@H](NC(=O)OCc2ccccc2)[C@@H](C)O)C(N)=O)cc1. The first-order valence-corrected chi connectivity index (χ1v) is 9.56. The van der Waals surface area contributed by atoms with Crippen LogP contribution < -0.4 is 16.4 Å². The molecule has 0 aliphatic carbocycles. The van der Waals surface area contributed by atoms with Crippen LogP contribution in [0.3, 0.4) is 0 Å². The van der Waals surface area contributed by atoms with Crippen LogP contribution in [0.25, 0.3) is 0 Å². The first-order valence-electron chi connectivity index (χ1n) is 9.56. The van der Waals surface area contributed by atoms with E-state index in [1.54, 1.807) is 24.3 Å². The fourth-order valence-electron chi connectivity index (χ4n) is 2.74. The minimum Gasteiger partial charge on any atom is -0.445 e. The smallest absolute Gasteiger partial charge is 0.408 e. The van der Waals surface area contributed by atoms with E-state index in [0.29, 0.717) is 0 Å². The Labute approximate surface area is 175 Å². The van der Waals surface area contributed by atoms with E-state index >= 15 is 0 Å². The molecule has 0 aliphatic rings. The molecule has 8 heteroatoms. The molecule has 2 aromatic carbocycles. The predicted octanol–water partition coefficient (Wildman–Crippen LogP) is 1.18. The molecule has 0 unspecified atom stereocenters. The molecule has 5 N–H and O–H groups in total. The van der Waals surface area contributed by atoms with Gasteiger partial charge in [-0.2, -0.15) is 0 Å². The highest BCUT2D eigenvalue weighted by atomic mass is 16.5. The van der Waals surface area contributed by atoms with Crippen molar-refractivity contribution in [3.05, 3.63) is 71.3 Å². The summed E-state index contributed by atoms with van der Waals surface area (Å²) in [7, 11) is 0. The number of aryl methyl sites for hydroxylation is 1. The Bertz CT molecular complexity index is 853. The molecule has 0 heterocycles. The van der Waals surface area contributed by atoms with Crippen molar-refractivity contribution in [1.82, 2.24) is 10.6 Å². The second kappa shape index (κ2) is 11.0. The number of nitrogens with two attached hydrogens (primary N) is 1. The molecule has 0 radical (unpaired) electrons. The third-order valence-electron chi connectivity index (χ3n) is 4.47. The van der Waals surface area contributed by atoms with Gasteiger partial charge in [0.1, 0.15) is 18.7 Å². The van der Waals surface area contributed by atoms with Crippen molar-refractivity contribution >= 4 is 17.9 Å². The van der Waals surface area contributed by atoms with Crippen molar-refractivity contribution in [2.24, 2.45) is 5.73 Å². The van der Waals surface area contributed by atoms with Crippen LogP contribution in [0.15, 0.2) is 54.6 Å². The van der Waals surface area contributed by atoms with E-state index in [1.165, 1.54) is 6.92 Å². The summed E-state index contributed by atoms with van der Waals surface area (Å²) in [4.78, 5) is 36.5. The van der Waals surface area contributed by atoms with Gasteiger partial charge in [-0.3, -0.25) is 9.59 Å². The molecule has 2 rings (SSSR count). The number of nitrogens with one attached hydrogen (secondary N) is 2. The summed E-state index contributed by atoms with van der Waals surface area (Å²) < 4.78 is 5.09. The second-order valence-corrected chi connectivity index (χ2v) is 7.08. The molecular formula is C22H27N3O5. The Balaban J connectivity index is 1.97. The Morgan fingerprint density at radius 1 is 1.00 bits per heavy atom. The summed E-state index contributed by atoms with van der Waals surface area (Å²) in [6.07, 6.45) is -1.90. The molecule has 0 spiro atoms. The lowest BCUT2D eigenvalue weighted by atomic mass is 10.0. The lowest BCUT2D eigenvalue weighted by Crippen LogP contribution is -2.57. The molecule has 0 bridgehead atoms. The molecule has 160 valence electrons. The van der Waals surface area contributed by atoms with Gasteiger partial charge in [0.15, 0.2) is 0 Å². The van der Waals surface area contributed by atoms with Gasteiger partial charge in [0.05, 0.1) is 6.10 Å². The first kappa shape index (κ1) is 22.9. The highest BCUT2D eigenvalue weighted by Gasteiger charge is 2.29. The van der Waals surface area contributed by atoms with E-state index in [4.69, 9.17) is 10.5 Å². The maximum atomic E-state index is 12.6. The summed E-state index contributed by atoms with van der Waals surface area (Å²) in [5, 5.41) is 14.8. The molecule has 3 amide bonds. The number of alkyl carbamates (subject to hydrolysis) is 1. The number of aliphatic hydroxyl groups excluding tert-OH is 1. The number of benzene rings is 2. The first-order chi connectivity index (χ1) is 14.3. The summed E-state index contributed by atoms with van der Waals surface area (Å²) >= 11 is 0. The van der Waals surface area contributed by atoms with Gasteiger partial charge >= 0.3 is 6.09 Å². The molecular weight excluding hydrogens is 386 g/mol. The average molecular weight is 413 g/mol. The fourth-order valence-corrected chi connectivity index (χ4v) is 2.74. The monoisotopic (exact) mass is 413 g/mol. The normalized spacial score (nSPS) is 13.6. The Morgan fingerprint density at radius 3 is 2.20 bits per heavy atom. The summed E-state index contributed by atoms with van der Waals surface area (Å²) in [5.74, 6) is -1.46. The molecule has 0 saturated heterocycles. The van der Waals surface area contributed by atoms with Gasteiger partial charge in [0, 0.05) is 6.42 Å². The van der Waals surface area contributed by atoms with Crippen molar-refractivity contribution in [3.8, 4) is 0 Å². The van der Waals surface area contributed by atoms with E-state index in [9.17, 15) is 19.5 Å². The van der Waals surface area contributed by atoms with Crippen LogP contribution in [0, 0.1) is 6.92 Å². The van der Waals surface area contributed by atoms with Crippen LogP contribution in [0.4, 0.5) is 4.79 Å². The molecule has 3 atom stereocenters. The third kappa shape index (κ3) is 7.21. The zero-order valence-corrected chi connectivity index (χ0v) is 17.0. The summed E-state index contributed by atoms with van der Waals surface area (Å²) in [6.45, 7) is 3.30. The number of hydrogen-bond acceptors (Lipinski definition) is 5. The zero-order chi connectivity index (χ0) is 22.1. The third-order valence-corrected chi connectivity index (χ3v) is 4.47. The number of rotatable bonds is 9. The van der Waals surface area contributed by atoms with Crippen LogP contribution in [0.2, 0.25) is 0 Å². The number of carbonyl (C=O) groups excluding carboxylic acids is 3. The van der Waals surface area contributed by atoms with Crippen molar-refractivity contribution in [1.29, 1.82) is 0 Å². The number of hydrogen-bond donors (Lipinski definition) is 4. The molecule has 2 aromatic rings. The van der Waals surface area contributed by atoms with Crippen LogP contribution >= 0.6 is 0 Å². The Hall–Kier alpha value is -3.39. The van der Waals surface area contributed by atoms with E-state index < -0.39 is 36.1 Å².